The standard InChI is InChI=1S/C18H14N4O5S.C14H10N2O6.C6H9N3O3/c23-16-9-6-13(11-15(16)18(24)25)21-20-12-4-7-14(8-5-12)28(26,27)22-17-3-1-2-10-19-17;17-11-3-1-7(5-9(11)13(19)20)15-16-8-2-4-12(18)10(6-8)14(21)22;1-5-7-4-6(9(11)12)8(5)2-3-10/h1-11,23H,(H,19,22)(H,24,25);1-6,17-18H,(H,19,20)(H,21,22);4,10H,2-3H2,1H3. The monoisotopic (exact) mass is 871 g/mol. The minimum absolute atomic E-state index is 0.0231. The van der Waals surface area contributed by atoms with Gasteiger partial charge in [-0.15, -0.1) is 0 Å². The first-order valence-electron chi connectivity index (χ1n) is 17.2. The van der Waals surface area contributed by atoms with Crippen molar-refractivity contribution in [1.82, 2.24) is 14.5 Å². The van der Waals surface area contributed by atoms with E-state index in [0.717, 1.165) is 24.3 Å². The average molecular weight is 872 g/mol. The molecular weight excluding hydrogens is 839 g/mol. The number of anilines is 1. The molecule has 23 nitrogen and oxygen atoms in total. The number of nitrogens with one attached hydrogen (secondary N) is 1. The average Bonchev–Trinajstić information content (AvgIpc) is 3.61. The van der Waals surface area contributed by atoms with Crippen LogP contribution < -0.4 is 4.72 Å². The van der Waals surface area contributed by atoms with Gasteiger partial charge in [-0.25, -0.2) is 37.3 Å². The highest BCUT2D eigenvalue weighted by Gasteiger charge is 2.17. The number of benzene rings is 4. The van der Waals surface area contributed by atoms with Gasteiger partial charge in [0.05, 0.1) is 34.3 Å². The van der Waals surface area contributed by atoms with Gasteiger partial charge in [0, 0.05) is 13.1 Å². The Labute approximate surface area is 349 Å². The molecule has 0 bridgehead atoms. The first kappa shape index (κ1) is 46.1. The highest BCUT2D eigenvalue weighted by atomic mass is 32.2. The second-order valence-electron chi connectivity index (χ2n) is 12.0. The van der Waals surface area contributed by atoms with E-state index in [1.54, 1.807) is 19.1 Å². The summed E-state index contributed by atoms with van der Waals surface area (Å²) >= 11 is 0. The number of carboxylic acid groups (broad SMARTS) is 3. The number of aromatic carboxylic acids is 3. The van der Waals surface area contributed by atoms with Gasteiger partial charge < -0.3 is 45.9 Å². The Bertz CT molecular complexity index is 2700. The maximum atomic E-state index is 12.3. The number of phenols is 3. The summed E-state index contributed by atoms with van der Waals surface area (Å²) < 4.78 is 28.4. The first-order chi connectivity index (χ1) is 29.4. The number of rotatable bonds is 13. The Hall–Kier alpha value is -8.64. The quantitative estimate of drug-likeness (QED) is 0.0340. The van der Waals surface area contributed by atoms with Gasteiger partial charge in [0.1, 0.15) is 52.5 Å². The number of carboxylic acids is 3. The van der Waals surface area contributed by atoms with E-state index in [4.69, 9.17) is 20.4 Å². The van der Waals surface area contributed by atoms with Crippen molar-refractivity contribution in [2.24, 2.45) is 20.5 Å². The predicted octanol–water partition coefficient (Wildman–Crippen LogP) is 6.70. The van der Waals surface area contributed by atoms with Crippen LogP contribution in [0.25, 0.3) is 0 Å². The van der Waals surface area contributed by atoms with Crippen molar-refractivity contribution in [1.29, 1.82) is 0 Å². The van der Waals surface area contributed by atoms with E-state index in [0.29, 0.717) is 11.5 Å². The summed E-state index contributed by atoms with van der Waals surface area (Å²) in [4.78, 5) is 50.3. The summed E-state index contributed by atoms with van der Waals surface area (Å²) in [5.41, 5.74) is -0.0222. The summed E-state index contributed by atoms with van der Waals surface area (Å²) in [7, 11) is -3.79. The number of aryl methyl sites for hydroxylation is 1. The van der Waals surface area contributed by atoms with E-state index in [2.05, 4.69) is 35.1 Å². The van der Waals surface area contributed by atoms with Crippen LogP contribution in [0.3, 0.4) is 0 Å². The second-order valence-corrected chi connectivity index (χ2v) is 13.7. The van der Waals surface area contributed by atoms with E-state index in [9.17, 15) is 48.2 Å². The normalized spacial score (nSPS) is 10.9. The third-order valence-corrected chi connectivity index (χ3v) is 9.16. The van der Waals surface area contributed by atoms with Crippen LogP contribution in [0.5, 0.6) is 17.2 Å². The molecule has 0 radical (unpaired) electrons. The molecule has 0 unspecified atom stereocenters. The number of nitro groups is 1. The molecule has 8 N–H and O–H groups in total. The molecule has 0 saturated carbocycles. The number of imidazole rings is 1. The van der Waals surface area contributed by atoms with Crippen LogP contribution in [0.1, 0.15) is 36.9 Å². The van der Waals surface area contributed by atoms with E-state index >= 15 is 0 Å². The molecule has 0 spiro atoms. The summed E-state index contributed by atoms with van der Waals surface area (Å²) in [5, 5.41) is 89.3. The summed E-state index contributed by atoms with van der Waals surface area (Å²) in [6, 6.07) is 21.6. The van der Waals surface area contributed by atoms with Crippen molar-refractivity contribution in [3.05, 3.63) is 142 Å². The van der Waals surface area contributed by atoms with Gasteiger partial charge >= 0.3 is 23.7 Å². The summed E-state index contributed by atoms with van der Waals surface area (Å²) in [6.45, 7) is 1.74. The smallest absolute Gasteiger partial charge is 0.342 e. The molecule has 0 fully saturated rings. The van der Waals surface area contributed by atoms with Crippen molar-refractivity contribution in [2.45, 2.75) is 18.4 Å². The van der Waals surface area contributed by atoms with Gasteiger partial charge in [0.25, 0.3) is 10.0 Å². The Morgan fingerprint density at radius 2 is 1.13 bits per heavy atom. The second kappa shape index (κ2) is 20.9. The highest BCUT2D eigenvalue weighted by molar-refractivity contribution is 7.92. The Balaban J connectivity index is 0.000000221. The number of aromatic nitrogens is 3. The molecule has 62 heavy (non-hydrogen) atoms. The number of sulfonamides is 1. The van der Waals surface area contributed by atoms with Crippen molar-refractivity contribution >= 4 is 62.3 Å². The minimum atomic E-state index is -3.79. The third kappa shape index (κ3) is 12.7. The van der Waals surface area contributed by atoms with Crippen LogP contribution in [0.15, 0.2) is 135 Å². The molecule has 2 heterocycles. The minimum Gasteiger partial charge on any atom is -0.507 e. The maximum Gasteiger partial charge on any atom is 0.342 e. The van der Waals surface area contributed by atoms with Crippen LogP contribution in [0.2, 0.25) is 0 Å². The van der Waals surface area contributed by atoms with Gasteiger partial charge in [0.15, 0.2) is 5.82 Å². The fourth-order valence-corrected chi connectivity index (χ4v) is 5.80. The zero-order chi connectivity index (χ0) is 45.6. The first-order valence-corrected chi connectivity index (χ1v) is 18.7. The zero-order valence-electron chi connectivity index (χ0n) is 31.8. The molecule has 0 aliphatic heterocycles. The van der Waals surface area contributed by atoms with Crippen molar-refractivity contribution in [2.75, 3.05) is 11.3 Å². The van der Waals surface area contributed by atoms with Crippen LogP contribution in [-0.2, 0) is 16.6 Å². The zero-order valence-corrected chi connectivity index (χ0v) is 32.6. The van der Waals surface area contributed by atoms with E-state index in [-0.39, 0.29) is 69.2 Å². The van der Waals surface area contributed by atoms with Crippen LogP contribution in [-0.4, -0.2) is 88.1 Å². The molecule has 4 aromatic carbocycles. The lowest BCUT2D eigenvalue weighted by atomic mass is 10.2. The van der Waals surface area contributed by atoms with Gasteiger partial charge in [-0.05, 0) is 95.9 Å². The molecule has 0 atom stereocenters. The number of nitrogens with zero attached hydrogens (tertiary/aromatic N) is 8. The Morgan fingerprint density at radius 1 is 0.694 bits per heavy atom. The number of hydrogen-bond acceptors (Lipinski definition) is 17. The topological polar surface area (TPSA) is 362 Å². The van der Waals surface area contributed by atoms with E-state index in [1.807, 2.05) is 0 Å². The number of hydrogen-bond donors (Lipinski definition) is 8. The number of carbonyl (C=O) groups is 3. The molecule has 0 saturated heterocycles. The number of aromatic hydroxyl groups is 3. The predicted molar refractivity (Wildman–Crippen MR) is 216 cm³/mol. The summed E-state index contributed by atoms with van der Waals surface area (Å²) in [6.07, 6.45) is 2.66. The van der Waals surface area contributed by atoms with Crippen LogP contribution in [0.4, 0.5) is 34.4 Å². The Morgan fingerprint density at radius 3 is 1.52 bits per heavy atom. The van der Waals surface area contributed by atoms with E-state index in [1.165, 1.54) is 77.6 Å². The molecule has 6 aromatic rings. The van der Waals surface area contributed by atoms with Gasteiger partial charge in [0.2, 0.25) is 0 Å². The van der Waals surface area contributed by atoms with Crippen LogP contribution in [0, 0.1) is 17.0 Å². The van der Waals surface area contributed by atoms with Crippen molar-refractivity contribution in [3.8, 4) is 17.2 Å². The SMILES string of the molecule is Cc1ncc([N+](=O)[O-])n1CCO.O=C(O)c1cc(N=Nc2ccc(O)c(C(=O)O)c2)ccc1O.O=C(O)c1cc(N=Nc2ccc(S(=O)(=O)Nc3ccccn3)cc2)ccc1O. The van der Waals surface area contributed by atoms with Crippen molar-refractivity contribution in [3.63, 3.8) is 0 Å². The van der Waals surface area contributed by atoms with Gasteiger partial charge in [-0.3, -0.25) is 4.72 Å². The lowest BCUT2D eigenvalue weighted by molar-refractivity contribution is -0.392. The number of aliphatic hydroxyl groups excluding tert-OH is 1. The van der Waals surface area contributed by atoms with Gasteiger partial charge in [-0.1, -0.05) is 6.07 Å². The lowest BCUT2D eigenvalue weighted by Crippen LogP contribution is -2.13. The van der Waals surface area contributed by atoms with E-state index < -0.39 is 44.4 Å². The van der Waals surface area contributed by atoms with Crippen LogP contribution >= 0.6 is 0 Å². The molecule has 24 heteroatoms. The molecule has 6 rings (SSSR count). The fourth-order valence-electron chi connectivity index (χ4n) is 4.79. The molecule has 0 aliphatic rings. The maximum absolute atomic E-state index is 12.3. The number of pyridine rings is 1. The number of aliphatic hydroxyl groups is 1. The number of azo groups is 2. The van der Waals surface area contributed by atoms with Gasteiger partial charge in [-0.2, -0.15) is 20.5 Å². The molecular formula is C38H33N9O14S. The largest absolute Gasteiger partial charge is 0.507 e. The molecule has 0 amide bonds. The molecule has 0 aliphatic carbocycles. The Kier molecular flexibility index (Phi) is 15.5. The molecule has 320 valence electrons. The molecule has 2 aromatic heterocycles. The fraction of sp³-hybridized carbons (Fsp3) is 0.0789. The highest BCUT2D eigenvalue weighted by Crippen LogP contribution is 2.29. The lowest BCUT2D eigenvalue weighted by Gasteiger charge is -2.07. The third-order valence-electron chi connectivity index (χ3n) is 7.79. The van der Waals surface area contributed by atoms with Crippen molar-refractivity contribution < 1.29 is 63.5 Å². The summed E-state index contributed by atoms with van der Waals surface area (Å²) in [5.74, 6) is -4.43.